The molecule has 4 atom stereocenters. The molecule has 2 heterocycles. The van der Waals surface area contributed by atoms with Gasteiger partial charge in [-0.2, -0.15) is 10.5 Å². The standard InChI is InChI=1S/C29H29N3/c1-3-18-29(20-30,21-31)26-19-24-15-17-27(32(24)2)28(26)25(23-12-8-5-9-13-23)16-14-22-10-6-4-7-11-22/h3-14,16,19,24-25,27-28H,1,15,17-18H2,2H3/b16-14+. The van der Waals surface area contributed by atoms with Crippen LogP contribution in [0.2, 0.25) is 0 Å². The monoisotopic (exact) mass is 419 g/mol. The normalized spacial score (nSPS) is 23.8. The van der Waals surface area contributed by atoms with Crippen molar-refractivity contribution in [1.29, 1.82) is 10.5 Å². The minimum absolute atomic E-state index is 0.0420. The quantitative estimate of drug-likeness (QED) is 0.509. The summed E-state index contributed by atoms with van der Waals surface area (Å²) in [6, 6.07) is 26.1. The summed E-state index contributed by atoms with van der Waals surface area (Å²) < 4.78 is 0. The molecule has 2 aliphatic rings. The molecule has 2 aromatic rings. The maximum Gasteiger partial charge on any atom is 0.168 e. The molecule has 0 saturated carbocycles. The number of likely N-dealkylation sites (N-methyl/N-ethyl adjacent to an activating group) is 1. The van der Waals surface area contributed by atoms with Crippen LogP contribution in [-0.2, 0) is 0 Å². The molecule has 160 valence electrons. The Morgan fingerprint density at radius 1 is 1.06 bits per heavy atom. The van der Waals surface area contributed by atoms with E-state index in [2.05, 4.69) is 85.3 Å². The van der Waals surface area contributed by atoms with E-state index in [1.807, 2.05) is 24.3 Å². The summed E-state index contributed by atoms with van der Waals surface area (Å²) >= 11 is 0. The predicted octanol–water partition coefficient (Wildman–Crippen LogP) is 6.11. The molecule has 3 heteroatoms. The first-order valence-electron chi connectivity index (χ1n) is 11.3. The summed E-state index contributed by atoms with van der Waals surface area (Å²) in [5, 5.41) is 20.4. The van der Waals surface area contributed by atoms with Gasteiger partial charge in [-0.3, -0.25) is 4.90 Å². The van der Waals surface area contributed by atoms with Crippen molar-refractivity contribution < 1.29 is 0 Å². The van der Waals surface area contributed by atoms with Crippen molar-refractivity contribution in [3.8, 4) is 12.1 Å². The number of hydrogen-bond donors (Lipinski definition) is 0. The Balaban J connectivity index is 1.87. The molecule has 1 saturated heterocycles. The summed E-state index contributed by atoms with van der Waals surface area (Å²) in [7, 11) is 2.18. The third-order valence-electron chi connectivity index (χ3n) is 7.14. The molecule has 0 spiro atoms. The average molecular weight is 420 g/mol. The molecule has 4 unspecified atom stereocenters. The second kappa shape index (κ2) is 9.39. The van der Waals surface area contributed by atoms with Crippen LogP contribution in [0.25, 0.3) is 6.08 Å². The molecule has 0 radical (unpaired) electrons. The molecule has 0 N–H and O–H groups in total. The van der Waals surface area contributed by atoms with Gasteiger partial charge in [-0.05, 0) is 36.6 Å². The number of benzene rings is 2. The number of nitriles is 2. The lowest BCUT2D eigenvalue weighted by molar-refractivity contribution is 0.181. The molecule has 1 fully saturated rings. The summed E-state index contributed by atoms with van der Waals surface area (Å²) in [5.74, 6) is 0.0976. The Bertz CT molecular complexity index is 1070. The van der Waals surface area contributed by atoms with Gasteiger partial charge in [-0.1, -0.05) is 85.0 Å². The van der Waals surface area contributed by atoms with Crippen molar-refractivity contribution in [2.24, 2.45) is 11.3 Å². The van der Waals surface area contributed by atoms with Crippen LogP contribution in [0.5, 0.6) is 0 Å². The molecule has 32 heavy (non-hydrogen) atoms. The van der Waals surface area contributed by atoms with Crippen molar-refractivity contribution in [2.45, 2.75) is 37.3 Å². The van der Waals surface area contributed by atoms with Crippen molar-refractivity contribution in [2.75, 3.05) is 7.05 Å². The Labute approximate surface area is 191 Å². The maximum atomic E-state index is 10.2. The molecule has 2 aromatic carbocycles. The van der Waals surface area contributed by atoms with Crippen LogP contribution in [0.4, 0.5) is 0 Å². The first-order chi connectivity index (χ1) is 15.6. The molecule has 0 aliphatic carbocycles. The van der Waals surface area contributed by atoms with Crippen molar-refractivity contribution in [3.63, 3.8) is 0 Å². The molecule has 3 nitrogen and oxygen atoms in total. The summed E-state index contributed by atoms with van der Waals surface area (Å²) in [4.78, 5) is 2.44. The van der Waals surface area contributed by atoms with E-state index in [1.165, 1.54) is 5.56 Å². The van der Waals surface area contributed by atoms with E-state index in [0.717, 1.165) is 24.0 Å². The van der Waals surface area contributed by atoms with E-state index >= 15 is 0 Å². The van der Waals surface area contributed by atoms with Crippen LogP contribution >= 0.6 is 0 Å². The lowest BCUT2D eigenvalue weighted by Crippen LogP contribution is -2.46. The van der Waals surface area contributed by atoms with Gasteiger partial charge in [0.25, 0.3) is 0 Å². The highest BCUT2D eigenvalue weighted by Gasteiger charge is 2.50. The molecular formula is C29H29N3. The number of hydrogen-bond acceptors (Lipinski definition) is 3. The highest BCUT2D eigenvalue weighted by molar-refractivity contribution is 5.52. The Morgan fingerprint density at radius 3 is 2.34 bits per heavy atom. The fraction of sp³-hybridized carbons (Fsp3) is 0.310. The Kier molecular flexibility index (Phi) is 6.40. The van der Waals surface area contributed by atoms with E-state index < -0.39 is 5.41 Å². The van der Waals surface area contributed by atoms with Gasteiger partial charge in [-0.25, -0.2) is 0 Å². The number of rotatable bonds is 7. The van der Waals surface area contributed by atoms with Gasteiger partial charge >= 0.3 is 0 Å². The van der Waals surface area contributed by atoms with E-state index in [9.17, 15) is 10.5 Å². The Morgan fingerprint density at radius 2 is 1.72 bits per heavy atom. The zero-order valence-corrected chi connectivity index (χ0v) is 18.6. The van der Waals surface area contributed by atoms with Gasteiger partial charge in [0.1, 0.15) is 0 Å². The van der Waals surface area contributed by atoms with E-state index in [1.54, 1.807) is 6.08 Å². The largest absolute Gasteiger partial charge is 0.296 e. The van der Waals surface area contributed by atoms with E-state index in [4.69, 9.17) is 0 Å². The number of allylic oxidation sites excluding steroid dienone is 2. The van der Waals surface area contributed by atoms with Crippen LogP contribution in [0.3, 0.4) is 0 Å². The highest BCUT2D eigenvalue weighted by Crippen LogP contribution is 2.51. The van der Waals surface area contributed by atoms with Crippen LogP contribution in [0.1, 0.15) is 36.3 Å². The predicted molar refractivity (Wildman–Crippen MR) is 129 cm³/mol. The van der Waals surface area contributed by atoms with Crippen LogP contribution in [-0.4, -0.2) is 24.0 Å². The molecular weight excluding hydrogens is 390 g/mol. The second-order valence-corrected chi connectivity index (χ2v) is 8.85. The van der Waals surface area contributed by atoms with Gasteiger partial charge in [0, 0.05) is 30.3 Å². The lowest BCUT2D eigenvalue weighted by atomic mass is 9.65. The first kappa shape index (κ1) is 21.8. The fourth-order valence-corrected chi connectivity index (χ4v) is 5.49. The van der Waals surface area contributed by atoms with Crippen LogP contribution in [0.15, 0.2) is 91.0 Å². The fourth-order valence-electron chi connectivity index (χ4n) is 5.49. The topological polar surface area (TPSA) is 50.8 Å². The molecule has 2 aliphatic heterocycles. The highest BCUT2D eigenvalue weighted by atomic mass is 15.2. The molecule has 4 rings (SSSR count). The van der Waals surface area contributed by atoms with E-state index in [0.29, 0.717) is 6.42 Å². The van der Waals surface area contributed by atoms with E-state index in [-0.39, 0.29) is 23.9 Å². The van der Waals surface area contributed by atoms with Crippen molar-refractivity contribution in [3.05, 3.63) is 102 Å². The van der Waals surface area contributed by atoms with Crippen LogP contribution in [0, 0.1) is 34.0 Å². The van der Waals surface area contributed by atoms with Crippen LogP contribution < -0.4 is 0 Å². The van der Waals surface area contributed by atoms with Crippen molar-refractivity contribution in [1.82, 2.24) is 4.90 Å². The second-order valence-electron chi connectivity index (χ2n) is 8.85. The summed E-state index contributed by atoms with van der Waals surface area (Å²) in [6.45, 7) is 3.86. The smallest absolute Gasteiger partial charge is 0.168 e. The maximum absolute atomic E-state index is 10.2. The van der Waals surface area contributed by atoms with Gasteiger partial charge < -0.3 is 0 Å². The molecule has 2 bridgehead atoms. The average Bonchev–Trinajstić information content (AvgIpc) is 3.07. The summed E-state index contributed by atoms with van der Waals surface area (Å²) in [5.41, 5.74) is 2.14. The zero-order chi connectivity index (χ0) is 22.6. The minimum atomic E-state index is -1.18. The third kappa shape index (κ3) is 3.93. The zero-order valence-electron chi connectivity index (χ0n) is 18.6. The van der Waals surface area contributed by atoms with Crippen molar-refractivity contribution >= 4 is 6.08 Å². The van der Waals surface area contributed by atoms with Gasteiger partial charge in [0.05, 0.1) is 12.1 Å². The molecule has 0 amide bonds. The SMILES string of the molecule is C=CCC(C#N)(C#N)C1=CC2CCC(C1C(/C=C/c1ccccc1)c1ccccc1)N2C. The van der Waals surface area contributed by atoms with Gasteiger partial charge in [-0.15, -0.1) is 6.58 Å². The molecule has 0 aromatic heterocycles. The lowest BCUT2D eigenvalue weighted by Gasteiger charge is -2.44. The van der Waals surface area contributed by atoms with Gasteiger partial charge in [0.2, 0.25) is 0 Å². The Hall–Kier alpha value is -3.40. The number of nitrogens with zero attached hydrogens (tertiary/aromatic N) is 3. The summed E-state index contributed by atoms with van der Waals surface area (Å²) in [6.07, 6.45) is 10.8. The third-order valence-corrected chi connectivity index (χ3v) is 7.14. The number of fused-ring (bicyclic) bond motifs is 2. The van der Waals surface area contributed by atoms with Gasteiger partial charge in [0.15, 0.2) is 5.41 Å². The minimum Gasteiger partial charge on any atom is -0.296 e. The first-order valence-corrected chi connectivity index (χ1v) is 11.3.